The van der Waals surface area contributed by atoms with E-state index in [1.807, 2.05) is 12.1 Å². The highest BCUT2D eigenvalue weighted by atomic mass is 79.9. The van der Waals surface area contributed by atoms with Crippen molar-refractivity contribution in [1.82, 2.24) is 9.97 Å². The Morgan fingerprint density at radius 2 is 2.29 bits per heavy atom. The molecule has 2 heterocycles. The molecule has 3 rings (SSSR count). The van der Waals surface area contributed by atoms with Crippen molar-refractivity contribution in [2.24, 2.45) is 0 Å². The van der Waals surface area contributed by atoms with Gasteiger partial charge in [-0.05, 0) is 18.2 Å². The molecule has 1 saturated heterocycles. The van der Waals surface area contributed by atoms with E-state index in [1.54, 1.807) is 6.07 Å². The molecule has 1 aromatic carbocycles. The Hall–Kier alpha value is -1.61. The van der Waals surface area contributed by atoms with E-state index in [4.69, 9.17) is 5.26 Å². The highest BCUT2D eigenvalue weighted by molar-refractivity contribution is 9.10. The summed E-state index contributed by atoms with van der Waals surface area (Å²) in [6.07, 6.45) is 6.40. The van der Waals surface area contributed by atoms with Gasteiger partial charge in [-0.25, -0.2) is 10.2 Å². The van der Waals surface area contributed by atoms with Crippen LogP contribution in [0.1, 0.15) is 26.2 Å². The number of rotatable bonds is 0. The number of aromatic amines is 1. The zero-order valence-corrected chi connectivity index (χ0v) is 13.6. The fraction of sp³-hybridized carbons (Fsp3) is 0.400. The van der Waals surface area contributed by atoms with Crippen LogP contribution in [-0.4, -0.2) is 16.7 Å². The van der Waals surface area contributed by atoms with Crippen LogP contribution < -0.4 is 5.56 Å². The highest BCUT2D eigenvalue weighted by Crippen LogP contribution is 2.27. The maximum absolute atomic E-state index is 11.2. The summed E-state index contributed by atoms with van der Waals surface area (Å²) in [5.41, 5.74) is 0.598. The molecule has 1 unspecified atom stereocenters. The lowest BCUT2D eigenvalue weighted by Crippen LogP contribution is -2.20. The quantitative estimate of drug-likeness (QED) is 0.738. The molecule has 0 amide bonds. The van der Waals surface area contributed by atoms with E-state index in [-0.39, 0.29) is 5.56 Å². The Morgan fingerprint density at radius 1 is 1.48 bits per heavy atom. The van der Waals surface area contributed by atoms with E-state index in [1.165, 1.54) is 25.6 Å². The van der Waals surface area contributed by atoms with E-state index in [9.17, 15) is 4.79 Å². The first-order valence-corrected chi connectivity index (χ1v) is 7.93. The number of halogens is 1. The summed E-state index contributed by atoms with van der Waals surface area (Å²) in [7, 11) is 0. The van der Waals surface area contributed by atoms with Gasteiger partial charge in [0.05, 0.1) is 17.2 Å². The van der Waals surface area contributed by atoms with E-state index >= 15 is 0 Å². The van der Waals surface area contributed by atoms with Gasteiger partial charge >= 0.3 is 0 Å². The Balaban J connectivity index is 0.000000161. The van der Waals surface area contributed by atoms with Crippen molar-refractivity contribution in [3.8, 4) is 5.97 Å². The van der Waals surface area contributed by atoms with E-state index in [0.29, 0.717) is 23.4 Å². The minimum absolute atomic E-state index is 0.104. The molecule has 0 saturated carbocycles. The molecular weight excluding hydrogens is 329 g/mol. The van der Waals surface area contributed by atoms with Crippen LogP contribution in [0.4, 0.5) is 0 Å². The molecule has 0 spiro atoms. The second kappa shape index (κ2) is 7.42. The third kappa shape index (κ3) is 4.18. The standard InChI is InChI=1S/C8H5BrN2O.C7H12BN/c9-5-1-2-6-7(3-5)10-4-11-8(6)12;1-7-4-2-3-5-8(7)6-9/h1-4H,(H,10,11,12);7H,2-5H2,1H3. The van der Waals surface area contributed by atoms with Gasteiger partial charge in [-0.2, -0.15) is 0 Å². The Morgan fingerprint density at radius 3 is 2.95 bits per heavy atom. The van der Waals surface area contributed by atoms with Crippen LogP contribution in [0.15, 0.2) is 33.8 Å². The minimum Gasteiger partial charge on any atom is -0.313 e. The first-order chi connectivity index (χ1) is 10.1. The van der Waals surface area contributed by atoms with Gasteiger partial charge in [-0.1, -0.05) is 54.3 Å². The third-order valence-electron chi connectivity index (χ3n) is 3.88. The average molecular weight is 346 g/mol. The van der Waals surface area contributed by atoms with Crippen LogP contribution in [0.25, 0.3) is 10.9 Å². The van der Waals surface area contributed by atoms with Crippen LogP contribution in [0.3, 0.4) is 0 Å². The zero-order valence-electron chi connectivity index (χ0n) is 12.0. The summed E-state index contributed by atoms with van der Waals surface area (Å²) in [5, 5.41) is 9.22. The molecule has 21 heavy (non-hydrogen) atoms. The van der Waals surface area contributed by atoms with Crippen molar-refractivity contribution in [3.63, 3.8) is 0 Å². The molecule has 108 valence electrons. The summed E-state index contributed by atoms with van der Waals surface area (Å²) in [5.74, 6) is 3.01. The molecule has 0 aliphatic carbocycles. The highest BCUT2D eigenvalue weighted by Gasteiger charge is 2.24. The maximum atomic E-state index is 11.2. The minimum atomic E-state index is -0.104. The monoisotopic (exact) mass is 345 g/mol. The molecule has 6 heteroatoms. The van der Waals surface area contributed by atoms with E-state index in [0.717, 1.165) is 10.8 Å². The number of nitriles is 1. The van der Waals surface area contributed by atoms with Gasteiger partial charge in [0, 0.05) is 10.4 Å². The van der Waals surface area contributed by atoms with Gasteiger partial charge in [-0.3, -0.25) is 4.79 Å². The van der Waals surface area contributed by atoms with Crippen molar-refractivity contribution in [3.05, 3.63) is 39.4 Å². The fourth-order valence-corrected chi connectivity index (χ4v) is 2.90. The SMILES string of the molecule is CC1CCCCB1C#N.O=c1[nH]cnc2cc(Br)ccc12. The normalized spacial score (nSPS) is 17.8. The third-order valence-corrected chi connectivity index (χ3v) is 4.37. The molecule has 1 aromatic heterocycles. The van der Waals surface area contributed by atoms with Crippen LogP contribution in [0.5, 0.6) is 0 Å². The number of fused-ring (bicyclic) bond motifs is 1. The summed E-state index contributed by atoms with van der Waals surface area (Å²) in [4.78, 5) is 17.7. The van der Waals surface area contributed by atoms with E-state index < -0.39 is 0 Å². The molecule has 1 N–H and O–H groups in total. The van der Waals surface area contributed by atoms with E-state index in [2.05, 4.69) is 38.8 Å². The van der Waals surface area contributed by atoms with Gasteiger partial charge < -0.3 is 4.98 Å². The smallest absolute Gasteiger partial charge is 0.270 e. The van der Waals surface area contributed by atoms with Gasteiger partial charge in [0.25, 0.3) is 12.3 Å². The molecule has 1 fully saturated rings. The second-order valence-electron chi connectivity index (χ2n) is 5.39. The topological polar surface area (TPSA) is 69.5 Å². The summed E-state index contributed by atoms with van der Waals surface area (Å²) in [6.45, 7) is 2.55. The lowest BCUT2D eigenvalue weighted by Gasteiger charge is -2.19. The summed E-state index contributed by atoms with van der Waals surface area (Å²) in [6, 6.07) is 5.37. The molecular formula is C15H17BBrN3O. The van der Waals surface area contributed by atoms with Gasteiger partial charge in [0.2, 0.25) is 0 Å². The van der Waals surface area contributed by atoms with Crippen molar-refractivity contribution in [2.45, 2.75) is 38.3 Å². The number of aromatic nitrogens is 2. The summed E-state index contributed by atoms with van der Waals surface area (Å²) >= 11 is 3.30. The number of H-pyrrole nitrogens is 1. The van der Waals surface area contributed by atoms with Crippen LogP contribution in [-0.2, 0) is 0 Å². The van der Waals surface area contributed by atoms with Gasteiger partial charge in [0.1, 0.15) is 0 Å². The molecule has 2 aromatic rings. The predicted octanol–water partition coefficient (Wildman–Crippen LogP) is 3.80. The number of nitrogens with zero attached hydrogens (tertiary/aromatic N) is 2. The molecule has 0 radical (unpaired) electrons. The van der Waals surface area contributed by atoms with Gasteiger partial charge in [-0.15, -0.1) is 0 Å². The van der Waals surface area contributed by atoms with Crippen LogP contribution in [0, 0.1) is 11.2 Å². The molecule has 1 atom stereocenters. The van der Waals surface area contributed by atoms with Crippen LogP contribution >= 0.6 is 15.9 Å². The predicted molar refractivity (Wildman–Crippen MR) is 89.5 cm³/mol. The Kier molecular flexibility index (Phi) is 5.57. The zero-order chi connectivity index (χ0) is 15.2. The number of hydrogen-bond donors (Lipinski definition) is 1. The largest absolute Gasteiger partial charge is 0.313 e. The molecule has 1 aliphatic rings. The number of hydrogen-bond acceptors (Lipinski definition) is 3. The fourth-order valence-electron chi connectivity index (χ4n) is 2.55. The first-order valence-electron chi connectivity index (χ1n) is 7.14. The average Bonchev–Trinajstić information content (AvgIpc) is 2.48. The van der Waals surface area contributed by atoms with Crippen molar-refractivity contribution in [2.75, 3.05) is 0 Å². The van der Waals surface area contributed by atoms with Gasteiger partial charge in [0.15, 0.2) is 0 Å². The number of benzene rings is 1. The van der Waals surface area contributed by atoms with Crippen molar-refractivity contribution < 1.29 is 0 Å². The lowest BCUT2D eigenvalue weighted by molar-refractivity contribution is 0.651. The van der Waals surface area contributed by atoms with Crippen molar-refractivity contribution in [1.29, 1.82) is 5.26 Å². The molecule has 4 nitrogen and oxygen atoms in total. The molecule has 0 bridgehead atoms. The number of nitrogens with one attached hydrogen (secondary N) is 1. The Bertz CT molecular complexity index is 710. The summed E-state index contributed by atoms with van der Waals surface area (Å²) < 4.78 is 0.924. The first kappa shape index (κ1) is 15.8. The molecule has 1 aliphatic heterocycles. The van der Waals surface area contributed by atoms with Crippen molar-refractivity contribution >= 4 is 33.5 Å². The lowest BCUT2D eigenvalue weighted by atomic mass is 9.37. The van der Waals surface area contributed by atoms with Crippen LogP contribution in [0.2, 0.25) is 12.1 Å². The maximum Gasteiger partial charge on any atom is 0.270 e. The Labute approximate surface area is 132 Å². The second-order valence-corrected chi connectivity index (χ2v) is 6.31.